The first-order valence-corrected chi connectivity index (χ1v) is 11.4. The second-order valence-electron chi connectivity index (χ2n) is 8.08. The Morgan fingerprint density at radius 3 is 2.52 bits per heavy atom. The molecule has 5 rings (SSSR count). The van der Waals surface area contributed by atoms with Gasteiger partial charge in [-0.2, -0.15) is 0 Å². The molecule has 0 unspecified atom stereocenters. The van der Waals surface area contributed by atoms with Crippen molar-refractivity contribution in [3.8, 4) is 0 Å². The average Bonchev–Trinajstić information content (AvgIpc) is 3.22. The Labute approximate surface area is 199 Å². The van der Waals surface area contributed by atoms with Crippen LogP contribution < -0.4 is 5.56 Å². The van der Waals surface area contributed by atoms with Gasteiger partial charge in [0.1, 0.15) is 5.82 Å². The van der Waals surface area contributed by atoms with Crippen molar-refractivity contribution in [2.75, 3.05) is 13.1 Å². The lowest BCUT2D eigenvalue weighted by molar-refractivity contribution is 0.0711. The highest BCUT2D eigenvalue weighted by Gasteiger charge is 2.27. The van der Waals surface area contributed by atoms with E-state index in [1.807, 2.05) is 23.1 Å². The van der Waals surface area contributed by atoms with Crippen LogP contribution in [0.2, 0.25) is 10.0 Å². The van der Waals surface area contributed by atoms with E-state index in [0.29, 0.717) is 59.6 Å². The van der Waals surface area contributed by atoms with Gasteiger partial charge in [0.25, 0.3) is 11.5 Å². The molecule has 33 heavy (non-hydrogen) atoms. The molecule has 2 aromatic heterocycles. The molecule has 0 spiro atoms. The van der Waals surface area contributed by atoms with Gasteiger partial charge in [0.05, 0.1) is 6.54 Å². The zero-order chi connectivity index (χ0) is 22.9. The van der Waals surface area contributed by atoms with Crippen LogP contribution in [-0.4, -0.2) is 48.9 Å². The number of aromatic nitrogens is 5. The topological polar surface area (TPSA) is 96.8 Å². The van der Waals surface area contributed by atoms with E-state index in [1.165, 1.54) is 0 Å². The van der Waals surface area contributed by atoms with Crippen LogP contribution in [0.25, 0.3) is 11.2 Å². The molecule has 2 aromatic carbocycles. The fourth-order valence-electron chi connectivity index (χ4n) is 4.15. The van der Waals surface area contributed by atoms with E-state index in [0.717, 1.165) is 5.56 Å². The van der Waals surface area contributed by atoms with Crippen LogP contribution in [0.5, 0.6) is 0 Å². The molecule has 8 nitrogen and oxygen atoms in total. The summed E-state index contributed by atoms with van der Waals surface area (Å²) in [7, 11) is 0. The largest absolute Gasteiger partial charge is 0.339 e. The number of amides is 1. The zero-order valence-electron chi connectivity index (χ0n) is 17.5. The molecule has 10 heteroatoms. The third-order valence-corrected chi connectivity index (χ3v) is 6.32. The number of aromatic amines is 1. The van der Waals surface area contributed by atoms with Crippen LogP contribution in [0.3, 0.4) is 0 Å². The number of likely N-dealkylation sites (tertiary alicyclic amines) is 1. The standard InChI is InChI=1S/C23H20Cl2N6O2/c24-17-5-1-3-14(11-17)13-31-21-19(28-29-31)22(32)27-20(26-21)15-7-9-30(10-8-15)23(33)16-4-2-6-18(25)12-16/h1-6,11-12,15H,7-10,13H2,(H,26,27,32). The van der Waals surface area contributed by atoms with Crippen LogP contribution in [0.1, 0.15) is 40.5 Å². The molecule has 1 amide bonds. The fourth-order valence-corrected chi connectivity index (χ4v) is 4.55. The first kappa shape index (κ1) is 21.6. The minimum Gasteiger partial charge on any atom is -0.339 e. The van der Waals surface area contributed by atoms with E-state index >= 15 is 0 Å². The van der Waals surface area contributed by atoms with E-state index in [1.54, 1.807) is 35.0 Å². The fraction of sp³-hybridized carbons (Fsp3) is 0.261. The van der Waals surface area contributed by atoms with Crippen molar-refractivity contribution in [3.63, 3.8) is 0 Å². The van der Waals surface area contributed by atoms with Gasteiger partial charge < -0.3 is 9.88 Å². The third kappa shape index (κ3) is 4.49. The maximum atomic E-state index is 12.8. The van der Waals surface area contributed by atoms with Crippen molar-refractivity contribution in [2.45, 2.75) is 25.3 Å². The number of hydrogen-bond donors (Lipinski definition) is 1. The van der Waals surface area contributed by atoms with E-state index in [-0.39, 0.29) is 22.9 Å². The predicted molar refractivity (Wildman–Crippen MR) is 126 cm³/mol. The van der Waals surface area contributed by atoms with E-state index in [2.05, 4.69) is 15.3 Å². The van der Waals surface area contributed by atoms with E-state index < -0.39 is 0 Å². The maximum absolute atomic E-state index is 12.8. The lowest BCUT2D eigenvalue weighted by Gasteiger charge is -2.31. The number of hydrogen-bond acceptors (Lipinski definition) is 5. The predicted octanol–water partition coefficient (Wildman–Crippen LogP) is 3.89. The van der Waals surface area contributed by atoms with E-state index in [9.17, 15) is 9.59 Å². The Hall–Kier alpha value is -3.23. The molecular formula is C23H20Cl2N6O2. The zero-order valence-corrected chi connectivity index (χ0v) is 19.1. The summed E-state index contributed by atoms with van der Waals surface area (Å²) in [5, 5.41) is 9.29. The number of rotatable bonds is 4. The van der Waals surface area contributed by atoms with Gasteiger partial charge in [0, 0.05) is 34.6 Å². The summed E-state index contributed by atoms with van der Waals surface area (Å²) in [6.07, 6.45) is 1.38. The van der Waals surface area contributed by atoms with Gasteiger partial charge >= 0.3 is 0 Å². The number of halogens is 2. The molecule has 1 N–H and O–H groups in total. The number of carbonyl (C=O) groups is 1. The summed E-state index contributed by atoms with van der Waals surface area (Å²) < 4.78 is 1.61. The van der Waals surface area contributed by atoms with Gasteiger partial charge in [-0.05, 0) is 48.7 Å². The molecule has 3 heterocycles. The lowest BCUT2D eigenvalue weighted by Crippen LogP contribution is -2.38. The van der Waals surface area contributed by atoms with Crippen LogP contribution in [0.4, 0.5) is 0 Å². The summed E-state index contributed by atoms with van der Waals surface area (Å²) in [5.74, 6) is 0.577. The van der Waals surface area contributed by atoms with Gasteiger partial charge in [-0.25, -0.2) is 9.67 Å². The Bertz CT molecular complexity index is 1390. The van der Waals surface area contributed by atoms with Crippen LogP contribution in [-0.2, 0) is 6.54 Å². The quantitative estimate of drug-likeness (QED) is 0.475. The second-order valence-corrected chi connectivity index (χ2v) is 8.95. The first-order chi connectivity index (χ1) is 16.0. The summed E-state index contributed by atoms with van der Waals surface area (Å²) in [6, 6.07) is 14.4. The first-order valence-electron chi connectivity index (χ1n) is 10.6. The summed E-state index contributed by atoms with van der Waals surface area (Å²) in [5.41, 5.74) is 1.83. The Kier molecular flexibility index (Phi) is 5.86. The van der Waals surface area contributed by atoms with Crippen molar-refractivity contribution in [2.24, 2.45) is 0 Å². The van der Waals surface area contributed by atoms with Crippen LogP contribution in [0.15, 0.2) is 53.3 Å². The highest BCUT2D eigenvalue weighted by atomic mass is 35.5. The van der Waals surface area contributed by atoms with Gasteiger partial charge in [-0.1, -0.05) is 46.6 Å². The summed E-state index contributed by atoms with van der Waals surface area (Å²) in [4.78, 5) is 34.8. The second kappa shape index (κ2) is 8.96. The molecule has 1 aliphatic heterocycles. The molecule has 1 aliphatic rings. The lowest BCUT2D eigenvalue weighted by atomic mass is 9.95. The number of H-pyrrole nitrogens is 1. The molecule has 1 fully saturated rings. The third-order valence-electron chi connectivity index (χ3n) is 5.85. The van der Waals surface area contributed by atoms with Crippen molar-refractivity contribution < 1.29 is 4.79 Å². The van der Waals surface area contributed by atoms with E-state index in [4.69, 9.17) is 28.2 Å². The van der Waals surface area contributed by atoms with Crippen molar-refractivity contribution in [1.82, 2.24) is 29.9 Å². The summed E-state index contributed by atoms with van der Waals surface area (Å²) in [6.45, 7) is 1.54. The monoisotopic (exact) mass is 482 g/mol. The average molecular weight is 483 g/mol. The minimum atomic E-state index is -0.315. The van der Waals surface area contributed by atoms with Crippen LogP contribution >= 0.6 is 23.2 Å². The Morgan fingerprint density at radius 2 is 1.79 bits per heavy atom. The smallest absolute Gasteiger partial charge is 0.281 e. The van der Waals surface area contributed by atoms with Gasteiger partial charge in [-0.15, -0.1) is 5.10 Å². The summed E-state index contributed by atoms with van der Waals surface area (Å²) >= 11 is 12.1. The molecule has 0 radical (unpaired) electrons. The van der Waals surface area contributed by atoms with Crippen molar-refractivity contribution >= 4 is 40.3 Å². The molecule has 0 atom stereocenters. The van der Waals surface area contributed by atoms with Crippen molar-refractivity contribution in [3.05, 3.63) is 85.9 Å². The van der Waals surface area contributed by atoms with Gasteiger partial charge in [-0.3, -0.25) is 9.59 Å². The van der Waals surface area contributed by atoms with Crippen LogP contribution in [0, 0.1) is 0 Å². The molecule has 0 aliphatic carbocycles. The number of benzene rings is 2. The van der Waals surface area contributed by atoms with Crippen molar-refractivity contribution in [1.29, 1.82) is 0 Å². The SMILES string of the molecule is O=C(c1cccc(Cl)c1)N1CCC(c2nc3c(nnn3Cc3cccc(Cl)c3)c(=O)[nH]2)CC1. The molecule has 4 aromatic rings. The number of piperidine rings is 1. The normalized spacial score (nSPS) is 14.7. The molecule has 0 saturated carbocycles. The highest BCUT2D eigenvalue weighted by Crippen LogP contribution is 2.27. The molecule has 0 bridgehead atoms. The maximum Gasteiger partial charge on any atom is 0.281 e. The number of carbonyl (C=O) groups excluding carboxylic acids is 1. The minimum absolute atomic E-state index is 0.0278. The Balaban J connectivity index is 1.35. The number of nitrogens with one attached hydrogen (secondary N) is 1. The number of fused-ring (bicyclic) bond motifs is 1. The van der Waals surface area contributed by atoms with Gasteiger partial charge in [0.2, 0.25) is 0 Å². The number of nitrogens with zero attached hydrogens (tertiary/aromatic N) is 5. The molecular weight excluding hydrogens is 463 g/mol. The Morgan fingerprint density at radius 1 is 1.06 bits per heavy atom. The molecule has 168 valence electrons. The van der Waals surface area contributed by atoms with Gasteiger partial charge in [0.15, 0.2) is 11.2 Å². The molecule has 1 saturated heterocycles. The highest BCUT2D eigenvalue weighted by molar-refractivity contribution is 6.31.